The van der Waals surface area contributed by atoms with Gasteiger partial charge in [0.2, 0.25) is 0 Å². The van der Waals surface area contributed by atoms with E-state index in [0.717, 1.165) is 5.56 Å². The number of halogens is 1. The quantitative estimate of drug-likeness (QED) is 0.693. The summed E-state index contributed by atoms with van der Waals surface area (Å²) >= 11 is 5.91. The van der Waals surface area contributed by atoms with Crippen molar-refractivity contribution in [3.63, 3.8) is 0 Å². The van der Waals surface area contributed by atoms with Crippen molar-refractivity contribution in [2.45, 2.75) is 19.3 Å². The SMILES string of the molecule is C#CCCC(=O)Cc1ccccc1Cl. The minimum atomic E-state index is 0.135. The van der Waals surface area contributed by atoms with Crippen LogP contribution >= 0.6 is 11.6 Å². The number of carbonyl (C=O) groups excluding carboxylic acids is 1. The first-order valence-electron chi connectivity index (χ1n) is 4.42. The molecule has 0 radical (unpaired) electrons. The number of ketones is 1. The lowest BCUT2D eigenvalue weighted by Crippen LogP contribution is -2.02. The highest BCUT2D eigenvalue weighted by Crippen LogP contribution is 2.16. The molecule has 0 aliphatic rings. The summed E-state index contributed by atoms with van der Waals surface area (Å²) in [5.41, 5.74) is 0.871. The molecular formula is C12H11ClO. The van der Waals surface area contributed by atoms with Gasteiger partial charge in [0, 0.05) is 24.3 Å². The normalized spacial score (nSPS) is 9.43. The zero-order valence-corrected chi connectivity index (χ0v) is 8.55. The van der Waals surface area contributed by atoms with Crippen molar-refractivity contribution in [1.82, 2.24) is 0 Å². The maximum absolute atomic E-state index is 11.4. The highest BCUT2D eigenvalue weighted by atomic mass is 35.5. The van der Waals surface area contributed by atoms with Gasteiger partial charge in [-0.25, -0.2) is 0 Å². The Bertz CT molecular complexity index is 363. The Kier molecular flexibility index (Phi) is 4.22. The van der Waals surface area contributed by atoms with E-state index < -0.39 is 0 Å². The molecule has 1 rings (SSSR count). The Balaban J connectivity index is 2.57. The molecule has 0 aliphatic carbocycles. The van der Waals surface area contributed by atoms with Gasteiger partial charge in [0.25, 0.3) is 0 Å². The van der Waals surface area contributed by atoms with Gasteiger partial charge in [-0.3, -0.25) is 4.79 Å². The van der Waals surface area contributed by atoms with Crippen LogP contribution in [0.1, 0.15) is 18.4 Å². The van der Waals surface area contributed by atoms with E-state index in [2.05, 4.69) is 5.92 Å². The van der Waals surface area contributed by atoms with Gasteiger partial charge in [-0.1, -0.05) is 29.8 Å². The Hall–Kier alpha value is -1.26. The Morgan fingerprint density at radius 3 is 2.79 bits per heavy atom. The third-order valence-corrected chi connectivity index (χ3v) is 2.26. The maximum Gasteiger partial charge on any atom is 0.138 e. The van der Waals surface area contributed by atoms with E-state index in [1.807, 2.05) is 18.2 Å². The number of rotatable bonds is 4. The first kappa shape index (κ1) is 10.8. The van der Waals surface area contributed by atoms with E-state index in [4.69, 9.17) is 18.0 Å². The minimum Gasteiger partial charge on any atom is -0.299 e. The summed E-state index contributed by atoms with van der Waals surface area (Å²) in [6.45, 7) is 0. The molecule has 1 aromatic rings. The third kappa shape index (κ3) is 3.24. The van der Waals surface area contributed by atoms with Crippen molar-refractivity contribution in [1.29, 1.82) is 0 Å². The van der Waals surface area contributed by atoms with Gasteiger partial charge in [-0.05, 0) is 11.6 Å². The summed E-state index contributed by atoms with van der Waals surface area (Å²) in [7, 11) is 0. The van der Waals surface area contributed by atoms with Crippen molar-refractivity contribution in [2.75, 3.05) is 0 Å². The molecule has 0 bridgehead atoms. The molecule has 0 unspecified atom stereocenters. The molecule has 72 valence electrons. The number of hydrogen-bond acceptors (Lipinski definition) is 1. The van der Waals surface area contributed by atoms with Crippen LogP contribution < -0.4 is 0 Å². The molecule has 0 fully saturated rings. The lowest BCUT2D eigenvalue weighted by molar-refractivity contribution is -0.118. The fraction of sp³-hybridized carbons (Fsp3) is 0.250. The van der Waals surface area contributed by atoms with E-state index in [1.54, 1.807) is 6.07 Å². The van der Waals surface area contributed by atoms with Gasteiger partial charge in [0.1, 0.15) is 5.78 Å². The number of carbonyl (C=O) groups is 1. The van der Waals surface area contributed by atoms with E-state index in [0.29, 0.717) is 24.3 Å². The van der Waals surface area contributed by atoms with Crippen LogP contribution in [0.15, 0.2) is 24.3 Å². The Morgan fingerprint density at radius 2 is 2.14 bits per heavy atom. The number of benzene rings is 1. The van der Waals surface area contributed by atoms with E-state index >= 15 is 0 Å². The van der Waals surface area contributed by atoms with Crippen LogP contribution in [0, 0.1) is 12.3 Å². The van der Waals surface area contributed by atoms with Crippen LogP contribution in [0.25, 0.3) is 0 Å². The Labute approximate surface area is 89.1 Å². The van der Waals surface area contributed by atoms with E-state index in [1.165, 1.54) is 0 Å². The average Bonchev–Trinajstić information content (AvgIpc) is 2.18. The van der Waals surface area contributed by atoms with Crippen molar-refractivity contribution in [3.8, 4) is 12.3 Å². The molecule has 0 amide bonds. The van der Waals surface area contributed by atoms with Gasteiger partial charge in [-0.15, -0.1) is 12.3 Å². The summed E-state index contributed by atoms with van der Waals surface area (Å²) in [6, 6.07) is 7.36. The van der Waals surface area contributed by atoms with Gasteiger partial charge in [0.05, 0.1) is 0 Å². The lowest BCUT2D eigenvalue weighted by atomic mass is 10.1. The summed E-state index contributed by atoms with van der Waals surface area (Å²) < 4.78 is 0. The van der Waals surface area contributed by atoms with Gasteiger partial charge < -0.3 is 0 Å². The number of hydrogen-bond donors (Lipinski definition) is 0. The molecule has 0 atom stereocenters. The predicted octanol–water partition coefficient (Wildman–Crippen LogP) is 2.87. The second kappa shape index (κ2) is 5.47. The van der Waals surface area contributed by atoms with Crippen LogP contribution in [0.2, 0.25) is 5.02 Å². The molecule has 1 aromatic carbocycles. The second-order valence-corrected chi connectivity index (χ2v) is 3.42. The first-order valence-corrected chi connectivity index (χ1v) is 4.80. The van der Waals surface area contributed by atoms with Crippen molar-refractivity contribution in [3.05, 3.63) is 34.9 Å². The van der Waals surface area contributed by atoms with Crippen LogP contribution in [0.3, 0.4) is 0 Å². The molecular weight excluding hydrogens is 196 g/mol. The van der Waals surface area contributed by atoms with Gasteiger partial charge in [0.15, 0.2) is 0 Å². The maximum atomic E-state index is 11.4. The molecule has 2 heteroatoms. The number of terminal acetylenes is 1. The third-order valence-electron chi connectivity index (χ3n) is 1.89. The highest BCUT2D eigenvalue weighted by Gasteiger charge is 2.05. The minimum absolute atomic E-state index is 0.135. The van der Waals surface area contributed by atoms with Crippen molar-refractivity contribution in [2.24, 2.45) is 0 Å². The van der Waals surface area contributed by atoms with Crippen LogP contribution in [-0.2, 0) is 11.2 Å². The number of Topliss-reactive ketones (excluding diaryl/α,β-unsaturated/α-hetero) is 1. The van der Waals surface area contributed by atoms with Crippen LogP contribution in [0.4, 0.5) is 0 Å². The van der Waals surface area contributed by atoms with Crippen LogP contribution in [-0.4, -0.2) is 5.78 Å². The van der Waals surface area contributed by atoms with Gasteiger partial charge in [-0.2, -0.15) is 0 Å². The monoisotopic (exact) mass is 206 g/mol. The Morgan fingerprint density at radius 1 is 1.43 bits per heavy atom. The molecule has 0 N–H and O–H groups in total. The fourth-order valence-electron chi connectivity index (χ4n) is 1.15. The average molecular weight is 207 g/mol. The highest BCUT2D eigenvalue weighted by molar-refractivity contribution is 6.31. The summed E-state index contributed by atoms with van der Waals surface area (Å²) in [4.78, 5) is 11.4. The first-order chi connectivity index (χ1) is 6.74. The smallest absolute Gasteiger partial charge is 0.138 e. The zero-order valence-electron chi connectivity index (χ0n) is 7.79. The lowest BCUT2D eigenvalue weighted by Gasteiger charge is -2.01. The molecule has 0 saturated heterocycles. The zero-order chi connectivity index (χ0) is 10.4. The molecule has 0 aromatic heterocycles. The molecule has 0 saturated carbocycles. The largest absolute Gasteiger partial charge is 0.299 e. The second-order valence-electron chi connectivity index (χ2n) is 3.01. The molecule has 0 heterocycles. The van der Waals surface area contributed by atoms with Gasteiger partial charge >= 0.3 is 0 Å². The van der Waals surface area contributed by atoms with Crippen LogP contribution in [0.5, 0.6) is 0 Å². The fourth-order valence-corrected chi connectivity index (χ4v) is 1.36. The molecule has 0 aliphatic heterocycles. The molecule has 0 spiro atoms. The van der Waals surface area contributed by atoms with E-state index in [-0.39, 0.29) is 5.78 Å². The molecule has 1 nitrogen and oxygen atoms in total. The van der Waals surface area contributed by atoms with Crippen molar-refractivity contribution >= 4 is 17.4 Å². The summed E-state index contributed by atoms with van der Waals surface area (Å²) in [6.07, 6.45) is 6.38. The molecule has 14 heavy (non-hydrogen) atoms. The summed E-state index contributed by atoms with van der Waals surface area (Å²) in [5, 5.41) is 0.640. The predicted molar refractivity (Wildman–Crippen MR) is 58.2 cm³/mol. The summed E-state index contributed by atoms with van der Waals surface area (Å²) in [5.74, 6) is 2.58. The topological polar surface area (TPSA) is 17.1 Å². The standard InChI is InChI=1S/C12H11ClO/c1-2-3-7-11(14)9-10-6-4-5-8-12(10)13/h1,4-6,8H,3,7,9H2. The van der Waals surface area contributed by atoms with Crippen molar-refractivity contribution < 1.29 is 4.79 Å². The van der Waals surface area contributed by atoms with E-state index in [9.17, 15) is 4.79 Å².